The highest BCUT2D eigenvalue weighted by atomic mass is 32.2. The summed E-state index contributed by atoms with van der Waals surface area (Å²) in [5, 5.41) is 17.8. The molecular formula is C21H22N6OS. The number of pyridine rings is 1. The van der Waals surface area contributed by atoms with Crippen molar-refractivity contribution in [1.29, 1.82) is 5.26 Å². The van der Waals surface area contributed by atoms with E-state index in [1.165, 1.54) is 11.8 Å². The van der Waals surface area contributed by atoms with E-state index < -0.39 is 0 Å². The summed E-state index contributed by atoms with van der Waals surface area (Å²) in [6.45, 7) is 2.86. The highest BCUT2D eigenvalue weighted by Crippen LogP contribution is 2.28. The Labute approximate surface area is 174 Å². The molecule has 148 valence electrons. The largest absolute Gasteiger partial charge is 0.344 e. The molecule has 1 aromatic carbocycles. The smallest absolute Gasteiger partial charge is 0.235 e. The summed E-state index contributed by atoms with van der Waals surface area (Å²) in [7, 11) is 1.72. The Morgan fingerprint density at radius 3 is 2.62 bits per heavy atom. The SMILES string of the molecule is C[C@@H](Sc1nnc(-c2ccncc2)n1Cc1ccccc1)C(=O)N(C)CCC#N. The van der Waals surface area contributed by atoms with Crippen LogP contribution in [-0.2, 0) is 11.3 Å². The minimum absolute atomic E-state index is 0.0371. The summed E-state index contributed by atoms with van der Waals surface area (Å²) in [5.41, 5.74) is 2.04. The quantitative estimate of drug-likeness (QED) is 0.534. The second-order valence-corrected chi connectivity index (χ2v) is 7.85. The minimum Gasteiger partial charge on any atom is -0.344 e. The van der Waals surface area contributed by atoms with Crippen molar-refractivity contribution in [2.45, 2.75) is 30.3 Å². The number of rotatable bonds is 8. The summed E-state index contributed by atoms with van der Waals surface area (Å²) in [6, 6.07) is 15.9. The highest BCUT2D eigenvalue weighted by Gasteiger charge is 2.23. The predicted molar refractivity (Wildman–Crippen MR) is 112 cm³/mol. The maximum absolute atomic E-state index is 12.6. The number of hydrogen-bond acceptors (Lipinski definition) is 6. The molecule has 0 unspecified atom stereocenters. The Bertz CT molecular complexity index is 983. The van der Waals surface area contributed by atoms with Crippen LogP contribution in [0.3, 0.4) is 0 Å². The summed E-state index contributed by atoms with van der Waals surface area (Å²) in [5.74, 6) is 0.696. The average Bonchev–Trinajstić information content (AvgIpc) is 3.14. The minimum atomic E-state index is -0.345. The molecule has 0 radical (unpaired) electrons. The third kappa shape index (κ3) is 5.21. The van der Waals surface area contributed by atoms with Crippen LogP contribution in [0.1, 0.15) is 18.9 Å². The van der Waals surface area contributed by atoms with Gasteiger partial charge in [-0.2, -0.15) is 5.26 Å². The lowest BCUT2D eigenvalue weighted by Crippen LogP contribution is -2.34. The lowest BCUT2D eigenvalue weighted by molar-refractivity contribution is -0.128. The molecule has 0 saturated carbocycles. The Balaban J connectivity index is 1.87. The predicted octanol–water partition coefficient (Wildman–Crippen LogP) is 3.24. The van der Waals surface area contributed by atoms with Crippen molar-refractivity contribution >= 4 is 17.7 Å². The van der Waals surface area contributed by atoms with Crippen molar-refractivity contribution in [3.63, 3.8) is 0 Å². The van der Waals surface area contributed by atoms with E-state index in [-0.39, 0.29) is 11.2 Å². The zero-order valence-corrected chi connectivity index (χ0v) is 17.2. The van der Waals surface area contributed by atoms with Gasteiger partial charge in [0.2, 0.25) is 5.91 Å². The zero-order valence-electron chi connectivity index (χ0n) is 16.4. The maximum Gasteiger partial charge on any atom is 0.235 e. The lowest BCUT2D eigenvalue weighted by Gasteiger charge is -2.20. The molecule has 2 heterocycles. The number of aromatic nitrogens is 4. The maximum atomic E-state index is 12.6. The molecule has 0 aliphatic carbocycles. The van der Waals surface area contributed by atoms with Gasteiger partial charge in [-0.25, -0.2) is 0 Å². The molecule has 2 aromatic heterocycles. The highest BCUT2D eigenvalue weighted by molar-refractivity contribution is 8.00. The van der Waals surface area contributed by atoms with Gasteiger partial charge in [-0.1, -0.05) is 42.1 Å². The molecule has 0 aliphatic heterocycles. The van der Waals surface area contributed by atoms with Gasteiger partial charge in [0.05, 0.1) is 24.3 Å². The first-order valence-electron chi connectivity index (χ1n) is 9.26. The van der Waals surface area contributed by atoms with Gasteiger partial charge in [0.25, 0.3) is 0 Å². The van der Waals surface area contributed by atoms with Crippen LogP contribution in [0.4, 0.5) is 0 Å². The Hall–Kier alpha value is -3.18. The summed E-state index contributed by atoms with van der Waals surface area (Å²) in [4.78, 5) is 18.3. The number of nitriles is 1. The molecule has 7 nitrogen and oxygen atoms in total. The Morgan fingerprint density at radius 1 is 1.21 bits per heavy atom. The molecular weight excluding hydrogens is 384 g/mol. The van der Waals surface area contributed by atoms with E-state index in [9.17, 15) is 4.79 Å². The second-order valence-electron chi connectivity index (χ2n) is 6.54. The fourth-order valence-electron chi connectivity index (χ4n) is 2.85. The molecule has 1 amide bonds. The van der Waals surface area contributed by atoms with Crippen LogP contribution in [0.5, 0.6) is 0 Å². The molecule has 3 aromatic rings. The third-order valence-corrected chi connectivity index (χ3v) is 5.47. The van der Waals surface area contributed by atoms with E-state index in [0.29, 0.717) is 24.7 Å². The van der Waals surface area contributed by atoms with Gasteiger partial charge in [-0.3, -0.25) is 14.3 Å². The molecule has 8 heteroatoms. The first-order chi connectivity index (χ1) is 14.1. The molecule has 0 fully saturated rings. The van der Waals surface area contributed by atoms with E-state index >= 15 is 0 Å². The van der Waals surface area contributed by atoms with Crippen molar-refractivity contribution in [3.05, 3.63) is 60.4 Å². The first-order valence-corrected chi connectivity index (χ1v) is 10.1. The fourth-order valence-corrected chi connectivity index (χ4v) is 3.81. The number of nitrogens with zero attached hydrogens (tertiary/aromatic N) is 6. The summed E-state index contributed by atoms with van der Waals surface area (Å²) >= 11 is 1.37. The number of carbonyl (C=O) groups is 1. The first kappa shape index (κ1) is 20.6. The van der Waals surface area contributed by atoms with Crippen LogP contribution >= 0.6 is 11.8 Å². The third-order valence-electron chi connectivity index (χ3n) is 4.40. The molecule has 3 rings (SSSR count). The van der Waals surface area contributed by atoms with E-state index in [0.717, 1.165) is 17.0 Å². The fraction of sp³-hybridized carbons (Fsp3) is 0.286. The van der Waals surface area contributed by atoms with Gasteiger partial charge in [0.15, 0.2) is 11.0 Å². The van der Waals surface area contributed by atoms with Gasteiger partial charge < -0.3 is 4.90 Å². The normalized spacial score (nSPS) is 11.6. The Kier molecular flexibility index (Phi) is 6.98. The van der Waals surface area contributed by atoms with Crippen molar-refractivity contribution in [2.24, 2.45) is 0 Å². The van der Waals surface area contributed by atoms with Gasteiger partial charge in [-0.05, 0) is 24.6 Å². The molecule has 1 atom stereocenters. The monoisotopic (exact) mass is 406 g/mol. The van der Waals surface area contributed by atoms with E-state index in [1.54, 1.807) is 24.3 Å². The molecule has 29 heavy (non-hydrogen) atoms. The van der Waals surface area contributed by atoms with Crippen molar-refractivity contribution in [2.75, 3.05) is 13.6 Å². The number of carbonyl (C=O) groups excluding carboxylic acids is 1. The van der Waals surface area contributed by atoms with Crippen molar-refractivity contribution in [3.8, 4) is 17.5 Å². The molecule has 0 saturated heterocycles. The van der Waals surface area contributed by atoms with Gasteiger partial charge in [-0.15, -0.1) is 10.2 Å². The van der Waals surface area contributed by atoms with Gasteiger partial charge in [0.1, 0.15) is 0 Å². The molecule has 0 spiro atoms. The molecule has 0 bridgehead atoms. The van der Waals surface area contributed by atoms with Gasteiger partial charge in [0, 0.05) is 31.5 Å². The summed E-state index contributed by atoms with van der Waals surface area (Å²) < 4.78 is 2.02. The molecule has 0 N–H and O–H groups in total. The van der Waals surface area contributed by atoms with Crippen molar-refractivity contribution < 1.29 is 4.79 Å². The van der Waals surface area contributed by atoms with Crippen molar-refractivity contribution in [1.82, 2.24) is 24.6 Å². The number of benzene rings is 1. The number of thioether (sulfide) groups is 1. The van der Waals surface area contributed by atoms with Crippen LogP contribution in [0, 0.1) is 11.3 Å². The number of hydrogen-bond donors (Lipinski definition) is 0. The van der Waals surface area contributed by atoms with Crippen LogP contribution in [0.2, 0.25) is 0 Å². The van der Waals surface area contributed by atoms with Crippen LogP contribution in [0.25, 0.3) is 11.4 Å². The van der Waals surface area contributed by atoms with Gasteiger partial charge >= 0.3 is 0 Å². The standard InChI is InChI=1S/C21H22N6OS/c1-16(20(28)26(2)14-6-11-22)29-21-25-24-19(18-9-12-23-13-10-18)27(21)15-17-7-4-3-5-8-17/h3-5,7-10,12-13,16H,6,14-15H2,1-2H3/t16-/m1/s1. The van der Waals surface area contributed by atoms with Crippen LogP contribution < -0.4 is 0 Å². The van der Waals surface area contributed by atoms with E-state index in [1.807, 2.05) is 41.8 Å². The molecule has 0 aliphatic rings. The average molecular weight is 407 g/mol. The van der Waals surface area contributed by atoms with E-state index in [2.05, 4.69) is 33.4 Å². The van der Waals surface area contributed by atoms with Crippen LogP contribution in [0.15, 0.2) is 60.0 Å². The summed E-state index contributed by atoms with van der Waals surface area (Å²) in [6.07, 6.45) is 3.76. The second kappa shape index (κ2) is 9.85. The zero-order chi connectivity index (χ0) is 20.6. The number of amides is 1. The van der Waals surface area contributed by atoms with E-state index in [4.69, 9.17) is 5.26 Å². The van der Waals surface area contributed by atoms with Crippen LogP contribution in [-0.4, -0.2) is 49.4 Å². The lowest BCUT2D eigenvalue weighted by atomic mass is 10.2. The Morgan fingerprint density at radius 2 is 1.93 bits per heavy atom. The topological polar surface area (TPSA) is 87.7 Å².